The molecule has 2 aromatic carbocycles. The van der Waals surface area contributed by atoms with Crippen molar-refractivity contribution < 1.29 is 14.9 Å². The zero-order chi connectivity index (χ0) is 13.1. The highest BCUT2D eigenvalue weighted by molar-refractivity contribution is 5.43. The highest BCUT2D eigenvalue weighted by Crippen LogP contribution is 2.49. The van der Waals surface area contributed by atoms with E-state index in [0.717, 1.165) is 22.3 Å². The zero-order valence-corrected chi connectivity index (χ0v) is 10.3. The maximum atomic E-state index is 10.8. The number of benzene rings is 2. The van der Waals surface area contributed by atoms with Crippen LogP contribution in [0.15, 0.2) is 48.5 Å². The molecule has 0 fully saturated rings. The van der Waals surface area contributed by atoms with Crippen molar-refractivity contribution in [2.45, 2.75) is 24.4 Å². The minimum Gasteiger partial charge on any atom is -0.361 e. The summed E-state index contributed by atoms with van der Waals surface area (Å²) in [4.78, 5) is 0. The lowest BCUT2D eigenvalue weighted by Crippen LogP contribution is -2.52. The summed E-state index contributed by atoms with van der Waals surface area (Å²) in [5.74, 6) is -2.87. The van der Waals surface area contributed by atoms with Crippen molar-refractivity contribution in [1.82, 2.24) is 0 Å². The molecule has 2 aliphatic heterocycles. The zero-order valence-electron chi connectivity index (χ0n) is 10.3. The molecule has 0 saturated carbocycles. The van der Waals surface area contributed by atoms with Crippen molar-refractivity contribution in [1.29, 1.82) is 0 Å². The molecule has 2 bridgehead atoms. The predicted octanol–water partition coefficient (Wildman–Crippen LogP) is 1.81. The third-order valence-electron chi connectivity index (χ3n) is 4.07. The lowest BCUT2D eigenvalue weighted by Gasteiger charge is -2.48. The Kier molecular flexibility index (Phi) is 2.03. The standard InChI is InChI=1S/C16H14O3/c17-15-9-11-5-1-3-7-13(11)16(18,19-15)10-12-6-2-4-8-14(12)15/h1-8,17-18H,9-10H2/t15-,16-/m1/s1. The van der Waals surface area contributed by atoms with Crippen LogP contribution in [0, 0.1) is 0 Å². The van der Waals surface area contributed by atoms with Crippen LogP contribution >= 0.6 is 0 Å². The minimum absolute atomic E-state index is 0.364. The Morgan fingerprint density at radius 1 is 0.737 bits per heavy atom. The summed E-state index contributed by atoms with van der Waals surface area (Å²) in [5, 5.41) is 21.6. The van der Waals surface area contributed by atoms with Crippen LogP contribution in [-0.2, 0) is 29.2 Å². The molecule has 2 aliphatic rings. The van der Waals surface area contributed by atoms with Crippen molar-refractivity contribution in [3.8, 4) is 0 Å². The molecule has 2 atom stereocenters. The van der Waals surface area contributed by atoms with Gasteiger partial charge >= 0.3 is 0 Å². The highest BCUT2D eigenvalue weighted by Gasteiger charge is 2.52. The van der Waals surface area contributed by atoms with Crippen molar-refractivity contribution in [2.24, 2.45) is 0 Å². The van der Waals surface area contributed by atoms with Crippen LogP contribution in [0.4, 0.5) is 0 Å². The third-order valence-corrected chi connectivity index (χ3v) is 4.07. The summed E-state index contributed by atoms with van der Waals surface area (Å²) >= 11 is 0. The summed E-state index contributed by atoms with van der Waals surface area (Å²) < 4.78 is 5.66. The van der Waals surface area contributed by atoms with Gasteiger partial charge in [0, 0.05) is 24.0 Å². The fourth-order valence-electron chi connectivity index (χ4n) is 3.28. The fraction of sp³-hybridized carbons (Fsp3) is 0.250. The Labute approximate surface area is 111 Å². The van der Waals surface area contributed by atoms with Gasteiger partial charge in [0.25, 0.3) is 0 Å². The fourth-order valence-corrected chi connectivity index (χ4v) is 3.28. The van der Waals surface area contributed by atoms with Crippen LogP contribution < -0.4 is 0 Å². The first-order valence-electron chi connectivity index (χ1n) is 6.42. The lowest BCUT2D eigenvalue weighted by molar-refractivity contribution is -0.365. The number of hydrogen-bond acceptors (Lipinski definition) is 3. The number of aliphatic hydroxyl groups is 2. The Morgan fingerprint density at radius 3 is 1.63 bits per heavy atom. The van der Waals surface area contributed by atoms with E-state index >= 15 is 0 Å². The van der Waals surface area contributed by atoms with Gasteiger partial charge in [-0.15, -0.1) is 0 Å². The summed E-state index contributed by atoms with van der Waals surface area (Å²) in [6.45, 7) is 0. The Morgan fingerprint density at radius 2 is 1.16 bits per heavy atom. The average molecular weight is 254 g/mol. The van der Waals surface area contributed by atoms with Gasteiger partial charge in [0.05, 0.1) is 0 Å². The molecule has 0 radical (unpaired) electrons. The number of fused-ring (bicyclic) bond motifs is 6. The van der Waals surface area contributed by atoms with Gasteiger partial charge in [-0.25, -0.2) is 0 Å². The van der Waals surface area contributed by atoms with Gasteiger partial charge in [-0.3, -0.25) is 0 Å². The van der Waals surface area contributed by atoms with Crippen molar-refractivity contribution in [3.63, 3.8) is 0 Å². The van der Waals surface area contributed by atoms with E-state index in [1.165, 1.54) is 0 Å². The second-order valence-electron chi connectivity index (χ2n) is 5.34. The Balaban J connectivity index is 1.98. The highest BCUT2D eigenvalue weighted by atomic mass is 16.7. The predicted molar refractivity (Wildman–Crippen MR) is 69.2 cm³/mol. The SMILES string of the molecule is O[C@@]12Cc3ccccc3[C@@](O)(Cc3ccccc31)O2. The van der Waals surface area contributed by atoms with Crippen molar-refractivity contribution in [2.75, 3.05) is 0 Å². The molecule has 3 heteroatoms. The normalized spacial score (nSPS) is 31.5. The smallest absolute Gasteiger partial charge is 0.200 e. The Bertz CT molecular complexity index is 609. The van der Waals surface area contributed by atoms with E-state index in [0.29, 0.717) is 12.8 Å². The van der Waals surface area contributed by atoms with Crippen LogP contribution in [0.3, 0.4) is 0 Å². The van der Waals surface area contributed by atoms with E-state index in [9.17, 15) is 10.2 Å². The first-order chi connectivity index (χ1) is 9.11. The molecule has 3 nitrogen and oxygen atoms in total. The maximum Gasteiger partial charge on any atom is 0.200 e. The van der Waals surface area contributed by atoms with Gasteiger partial charge in [0.2, 0.25) is 0 Å². The number of hydrogen-bond donors (Lipinski definition) is 2. The molecule has 0 aromatic heterocycles. The van der Waals surface area contributed by atoms with Crippen LogP contribution in [0.25, 0.3) is 0 Å². The van der Waals surface area contributed by atoms with Gasteiger partial charge in [0.15, 0.2) is 11.6 Å². The molecule has 2 N–H and O–H groups in total. The van der Waals surface area contributed by atoms with Gasteiger partial charge in [-0.05, 0) is 11.1 Å². The molecule has 0 amide bonds. The Hall–Kier alpha value is -1.68. The molecule has 2 aromatic rings. The van der Waals surface area contributed by atoms with E-state index < -0.39 is 11.6 Å². The van der Waals surface area contributed by atoms with E-state index in [2.05, 4.69) is 0 Å². The molecule has 0 unspecified atom stereocenters. The monoisotopic (exact) mass is 254 g/mol. The summed E-state index contributed by atoms with van der Waals surface area (Å²) in [6, 6.07) is 15.2. The molecule has 0 saturated heterocycles. The van der Waals surface area contributed by atoms with Crippen LogP contribution in [-0.4, -0.2) is 10.2 Å². The molecule has 4 rings (SSSR count). The summed E-state index contributed by atoms with van der Waals surface area (Å²) in [5.41, 5.74) is 3.39. The quantitative estimate of drug-likeness (QED) is 0.753. The topological polar surface area (TPSA) is 49.7 Å². The second kappa shape index (κ2) is 3.45. The van der Waals surface area contributed by atoms with Gasteiger partial charge in [-0.1, -0.05) is 48.5 Å². The first-order valence-corrected chi connectivity index (χ1v) is 6.42. The molecule has 2 heterocycles. The van der Waals surface area contributed by atoms with E-state index in [4.69, 9.17) is 4.74 Å². The molecular formula is C16H14O3. The van der Waals surface area contributed by atoms with E-state index in [1.54, 1.807) is 0 Å². The summed E-state index contributed by atoms with van der Waals surface area (Å²) in [7, 11) is 0. The third kappa shape index (κ3) is 1.43. The number of ether oxygens (including phenoxy) is 1. The molecule has 0 spiro atoms. The van der Waals surface area contributed by atoms with E-state index in [-0.39, 0.29) is 0 Å². The van der Waals surface area contributed by atoms with Gasteiger partial charge in [0.1, 0.15) is 0 Å². The van der Waals surface area contributed by atoms with Gasteiger partial charge in [-0.2, -0.15) is 0 Å². The lowest BCUT2D eigenvalue weighted by atomic mass is 9.78. The van der Waals surface area contributed by atoms with Crippen molar-refractivity contribution >= 4 is 0 Å². The molecule has 96 valence electrons. The molecular weight excluding hydrogens is 240 g/mol. The van der Waals surface area contributed by atoms with E-state index in [1.807, 2.05) is 48.5 Å². The second-order valence-corrected chi connectivity index (χ2v) is 5.34. The molecule has 0 aliphatic carbocycles. The molecule has 19 heavy (non-hydrogen) atoms. The largest absolute Gasteiger partial charge is 0.361 e. The average Bonchev–Trinajstić information content (AvgIpc) is 2.38. The minimum atomic E-state index is -1.43. The van der Waals surface area contributed by atoms with Crippen molar-refractivity contribution in [3.05, 3.63) is 70.8 Å². The maximum absolute atomic E-state index is 10.8. The summed E-state index contributed by atoms with van der Waals surface area (Å²) in [6.07, 6.45) is 0.727. The van der Waals surface area contributed by atoms with Crippen LogP contribution in [0.1, 0.15) is 22.3 Å². The van der Waals surface area contributed by atoms with Gasteiger partial charge < -0.3 is 14.9 Å². The number of rotatable bonds is 0. The first kappa shape index (κ1) is 11.2. The van der Waals surface area contributed by atoms with Crippen LogP contribution in [0.2, 0.25) is 0 Å². The van der Waals surface area contributed by atoms with Crippen LogP contribution in [0.5, 0.6) is 0 Å².